The topological polar surface area (TPSA) is 66.5 Å². The van der Waals surface area contributed by atoms with Gasteiger partial charge in [-0.2, -0.15) is 4.31 Å². The number of thiophene rings is 1. The van der Waals surface area contributed by atoms with Crippen molar-refractivity contribution in [2.45, 2.75) is 24.0 Å². The zero-order chi connectivity index (χ0) is 17.2. The fourth-order valence-corrected chi connectivity index (χ4v) is 5.78. The molecule has 128 valence electrons. The molecule has 1 aliphatic rings. The molecule has 1 unspecified atom stereocenters. The number of anilines is 1. The van der Waals surface area contributed by atoms with Gasteiger partial charge in [0.25, 0.3) is 10.0 Å². The summed E-state index contributed by atoms with van der Waals surface area (Å²) in [5, 5.41) is 2.87. The summed E-state index contributed by atoms with van der Waals surface area (Å²) in [5.74, 6) is -0.446. The molecule has 0 bridgehead atoms. The first-order chi connectivity index (χ1) is 11.5. The van der Waals surface area contributed by atoms with E-state index < -0.39 is 10.0 Å². The molecule has 1 N–H and O–H groups in total. The maximum Gasteiger partial charge on any atom is 0.252 e. The number of nitrogens with one attached hydrogen (secondary N) is 1. The van der Waals surface area contributed by atoms with E-state index in [1.54, 1.807) is 12.1 Å². The number of carbonyl (C=O) groups is 1. The van der Waals surface area contributed by atoms with Crippen molar-refractivity contribution in [1.82, 2.24) is 4.31 Å². The van der Waals surface area contributed by atoms with E-state index >= 15 is 0 Å². The van der Waals surface area contributed by atoms with Gasteiger partial charge in [0.1, 0.15) is 4.21 Å². The SMILES string of the molecule is Cc1ccc(S(=O)(=O)N2CCCC(C(=O)Nc3ccccc3)C2)s1. The van der Waals surface area contributed by atoms with Crippen molar-refractivity contribution in [3.63, 3.8) is 0 Å². The monoisotopic (exact) mass is 364 g/mol. The van der Waals surface area contributed by atoms with Crippen LogP contribution in [0.3, 0.4) is 0 Å². The van der Waals surface area contributed by atoms with E-state index in [1.165, 1.54) is 15.6 Å². The molecule has 1 aromatic heterocycles. The standard InChI is InChI=1S/C17H20N2O3S2/c1-13-9-10-16(23-13)24(21,22)19-11-5-6-14(12-19)17(20)18-15-7-3-2-4-8-15/h2-4,7-10,14H,5-6,11-12H2,1H3,(H,18,20). The summed E-state index contributed by atoms with van der Waals surface area (Å²) in [6.07, 6.45) is 1.39. The highest BCUT2D eigenvalue weighted by Crippen LogP contribution is 2.28. The summed E-state index contributed by atoms with van der Waals surface area (Å²) in [6, 6.07) is 12.7. The van der Waals surface area contributed by atoms with Gasteiger partial charge in [-0.3, -0.25) is 4.79 Å². The average Bonchev–Trinajstić information content (AvgIpc) is 3.03. The molecule has 1 saturated heterocycles. The van der Waals surface area contributed by atoms with Crippen molar-refractivity contribution >= 4 is 33.0 Å². The molecule has 1 fully saturated rings. The number of hydrogen-bond acceptors (Lipinski definition) is 4. The van der Waals surface area contributed by atoms with Crippen LogP contribution >= 0.6 is 11.3 Å². The molecular weight excluding hydrogens is 344 g/mol. The number of carbonyl (C=O) groups excluding carboxylic acids is 1. The van der Waals surface area contributed by atoms with Gasteiger partial charge in [-0.05, 0) is 44.0 Å². The second kappa shape index (κ2) is 7.04. The summed E-state index contributed by atoms with van der Waals surface area (Å²) in [4.78, 5) is 13.4. The number of hydrogen-bond donors (Lipinski definition) is 1. The normalized spacial score (nSPS) is 19.1. The number of nitrogens with zero attached hydrogens (tertiary/aromatic N) is 1. The van der Waals surface area contributed by atoms with Gasteiger partial charge in [0.2, 0.25) is 5.91 Å². The molecule has 7 heteroatoms. The van der Waals surface area contributed by atoms with E-state index in [9.17, 15) is 13.2 Å². The highest BCUT2D eigenvalue weighted by molar-refractivity contribution is 7.91. The molecule has 24 heavy (non-hydrogen) atoms. The lowest BCUT2D eigenvalue weighted by Crippen LogP contribution is -2.43. The van der Waals surface area contributed by atoms with Crippen molar-refractivity contribution in [3.05, 3.63) is 47.3 Å². The summed E-state index contributed by atoms with van der Waals surface area (Å²) >= 11 is 1.27. The Morgan fingerprint density at radius 2 is 1.96 bits per heavy atom. The van der Waals surface area contributed by atoms with Crippen molar-refractivity contribution < 1.29 is 13.2 Å². The van der Waals surface area contributed by atoms with Crippen molar-refractivity contribution in [3.8, 4) is 0 Å². The van der Waals surface area contributed by atoms with Gasteiger partial charge in [0.05, 0.1) is 5.92 Å². The van der Waals surface area contributed by atoms with Crippen LogP contribution in [0.1, 0.15) is 17.7 Å². The molecule has 2 aromatic rings. The number of para-hydroxylation sites is 1. The minimum atomic E-state index is -3.51. The molecule has 0 aliphatic carbocycles. The average molecular weight is 364 g/mol. The van der Waals surface area contributed by atoms with Gasteiger partial charge in [-0.25, -0.2) is 8.42 Å². The van der Waals surface area contributed by atoms with Crippen molar-refractivity contribution in [2.24, 2.45) is 5.92 Å². The van der Waals surface area contributed by atoms with Crippen LogP contribution in [0.25, 0.3) is 0 Å². The Bertz CT molecular complexity index is 815. The summed E-state index contributed by atoms with van der Waals surface area (Å²) in [7, 11) is -3.51. The van der Waals surface area contributed by atoms with Gasteiger partial charge in [-0.15, -0.1) is 11.3 Å². The van der Waals surface area contributed by atoms with Crippen LogP contribution in [-0.2, 0) is 14.8 Å². The zero-order valence-electron chi connectivity index (χ0n) is 13.4. The highest BCUT2D eigenvalue weighted by Gasteiger charge is 2.34. The molecular formula is C17H20N2O3S2. The van der Waals surface area contributed by atoms with Gasteiger partial charge in [-0.1, -0.05) is 18.2 Å². The number of benzene rings is 1. The Balaban J connectivity index is 1.71. The van der Waals surface area contributed by atoms with E-state index in [4.69, 9.17) is 0 Å². The van der Waals surface area contributed by atoms with Crippen molar-refractivity contribution in [1.29, 1.82) is 0 Å². The van der Waals surface area contributed by atoms with Gasteiger partial charge in [0.15, 0.2) is 0 Å². The smallest absolute Gasteiger partial charge is 0.252 e. The molecule has 1 aromatic carbocycles. The Morgan fingerprint density at radius 3 is 2.62 bits per heavy atom. The molecule has 1 atom stereocenters. The fraction of sp³-hybridized carbons (Fsp3) is 0.353. The second-order valence-electron chi connectivity index (χ2n) is 5.92. The van der Waals surface area contributed by atoms with E-state index in [1.807, 2.05) is 37.3 Å². The maximum atomic E-state index is 12.7. The van der Waals surface area contributed by atoms with Crippen LogP contribution < -0.4 is 5.32 Å². The van der Waals surface area contributed by atoms with Crippen LogP contribution in [-0.4, -0.2) is 31.7 Å². The number of amides is 1. The van der Waals surface area contributed by atoms with Gasteiger partial charge >= 0.3 is 0 Å². The predicted molar refractivity (Wildman–Crippen MR) is 95.6 cm³/mol. The zero-order valence-corrected chi connectivity index (χ0v) is 15.1. The van der Waals surface area contributed by atoms with E-state index in [0.29, 0.717) is 23.6 Å². The van der Waals surface area contributed by atoms with Crippen LogP contribution in [0.2, 0.25) is 0 Å². The Labute approximate surface area is 146 Å². The molecule has 5 nitrogen and oxygen atoms in total. The van der Waals surface area contributed by atoms with Gasteiger partial charge < -0.3 is 5.32 Å². The minimum Gasteiger partial charge on any atom is -0.326 e. The van der Waals surface area contributed by atoms with Crippen LogP contribution in [0, 0.1) is 12.8 Å². The Morgan fingerprint density at radius 1 is 1.21 bits per heavy atom. The fourth-order valence-electron chi connectivity index (χ4n) is 2.82. The number of aryl methyl sites for hydroxylation is 1. The molecule has 2 heterocycles. The van der Waals surface area contributed by atoms with Crippen molar-refractivity contribution in [2.75, 3.05) is 18.4 Å². The van der Waals surface area contributed by atoms with E-state index in [-0.39, 0.29) is 18.4 Å². The van der Waals surface area contributed by atoms with E-state index in [2.05, 4.69) is 5.32 Å². The van der Waals surface area contributed by atoms with Crippen LogP contribution in [0.15, 0.2) is 46.7 Å². The molecule has 0 saturated carbocycles. The first-order valence-electron chi connectivity index (χ1n) is 7.89. The molecule has 1 amide bonds. The largest absolute Gasteiger partial charge is 0.326 e. The summed E-state index contributed by atoms with van der Waals surface area (Å²) < 4.78 is 27.3. The lowest BCUT2D eigenvalue weighted by atomic mass is 9.99. The van der Waals surface area contributed by atoms with Crippen LogP contribution in [0.4, 0.5) is 5.69 Å². The molecule has 0 radical (unpaired) electrons. The highest BCUT2D eigenvalue weighted by atomic mass is 32.2. The third kappa shape index (κ3) is 3.68. The molecule has 0 spiro atoms. The third-order valence-electron chi connectivity index (χ3n) is 4.11. The molecule has 1 aliphatic heterocycles. The van der Waals surface area contributed by atoms with Gasteiger partial charge in [0, 0.05) is 23.7 Å². The van der Waals surface area contributed by atoms with E-state index in [0.717, 1.165) is 10.6 Å². The lowest BCUT2D eigenvalue weighted by molar-refractivity contribution is -0.120. The Hall–Kier alpha value is -1.70. The number of rotatable bonds is 4. The summed E-state index contributed by atoms with van der Waals surface area (Å²) in [5.41, 5.74) is 0.733. The molecule has 3 rings (SSSR count). The number of piperidine rings is 1. The summed E-state index contributed by atoms with van der Waals surface area (Å²) in [6.45, 7) is 2.59. The predicted octanol–water partition coefficient (Wildman–Crippen LogP) is 3.10. The Kier molecular flexibility index (Phi) is 5.03. The maximum absolute atomic E-state index is 12.7. The number of sulfonamides is 1. The van der Waals surface area contributed by atoms with Crippen LogP contribution in [0.5, 0.6) is 0 Å². The minimum absolute atomic E-state index is 0.122. The first kappa shape index (κ1) is 17.1. The first-order valence-corrected chi connectivity index (χ1v) is 10.1. The quantitative estimate of drug-likeness (QED) is 0.906. The lowest BCUT2D eigenvalue weighted by Gasteiger charge is -2.30. The second-order valence-corrected chi connectivity index (χ2v) is 9.38. The third-order valence-corrected chi connectivity index (χ3v) is 7.44.